The van der Waals surface area contributed by atoms with Crippen molar-refractivity contribution in [2.45, 2.75) is 45.9 Å². The molecule has 30 heavy (non-hydrogen) atoms. The Morgan fingerprint density at radius 1 is 0.933 bits per heavy atom. The molecule has 1 atom stereocenters. The molecule has 1 unspecified atom stereocenters. The van der Waals surface area contributed by atoms with Gasteiger partial charge in [0.05, 0.1) is 19.1 Å². The van der Waals surface area contributed by atoms with Gasteiger partial charge in [0, 0.05) is 0 Å². The second-order valence-electron chi connectivity index (χ2n) is 7.39. The van der Waals surface area contributed by atoms with Gasteiger partial charge in [0.1, 0.15) is 6.54 Å². The highest BCUT2D eigenvalue weighted by Gasteiger charge is 2.20. The van der Waals surface area contributed by atoms with Crippen LogP contribution in [0.15, 0.2) is 70.0 Å². The Bertz CT molecular complexity index is 1030. The number of benzene rings is 1. The number of nitrogens with one attached hydrogen (secondary N) is 1. The zero-order valence-corrected chi connectivity index (χ0v) is 17.4. The van der Waals surface area contributed by atoms with Crippen LogP contribution in [0.4, 0.5) is 0 Å². The van der Waals surface area contributed by atoms with Crippen molar-refractivity contribution in [3.05, 3.63) is 92.7 Å². The molecule has 0 saturated carbocycles. The van der Waals surface area contributed by atoms with E-state index in [4.69, 9.17) is 0 Å². The molecule has 0 aliphatic carbocycles. The van der Waals surface area contributed by atoms with Crippen LogP contribution in [0, 0.1) is 5.92 Å². The normalized spacial score (nSPS) is 11.8. The fourth-order valence-corrected chi connectivity index (χ4v) is 3.21. The lowest BCUT2D eigenvalue weighted by Gasteiger charge is -2.21. The molecule has 1 aromatic heterocycles. The van der Waals surface area contributed by atoms with Gasteiger partial charge in [-0.15, -0.1) is 13.2 Å². The van der Waals surface area contributed by atoms with Crippen LogP contribution in [0.3, 0.4) is 0 Å². The Morgan fingerprint density at radius 3 is 1.90 bits per heavy atom. The number of carbonyl (C=O) groups is 1. The molecule has 0 aliphatic heterocycles. The van der Waals surface area contributed by atoms with Crippen LogP contribution >= 0.6 is 0 Å². The molecule has 1 aromatic carbocycles. The van der Waals surface area contributed by atoms with Crippen LogP contribution in [0.5, 0.6) is 0 Å². The highest BCUT2D eigenvalue weighted by Crippen LogP contribution is 2.20. The van der Waals surface area contributed by atoms with E-state index < -0.39 is 29.5 Å². The first kappa shape index (κ1) is 22.9. The minimum absolute atomic E-state index is 0.0727. The Morgan fingerprint density at radius 2 is 1.43 bits per heavy atom. The molecule has 2 rings (SSSR count). The minimum Gasteiger partial charge on any atom is -0.348 e. The summed E-state index contributed by atoms with van der Waals surface area (Å²) in [6.07, 6.45) is 3.45. The quantitative estimate of drug-likeness (QED) is 0.598. The first-order chi connectivity index (χ1) is 14.3. The summed E-state index contributed by atoms with van der Waals surface area (Å²) < 4.78 is 2.50. The third-order valence-electron chi connectivity index (χ3n) is 4.55. The molecule has 0 aliphatic rings. The topological polar surface area (TPSA) is 95.1 Å². The van der Waals surface area contributed by atoms with Gasteiger partial charge in [0.25, 0.3) is 0 Å². The lowest BCUT2D eigenvalue weighted by atomic mass is 9.97. The smallest absolute Gasteiger partial charge is 0.337 e. The summed E-state index contributed by atoms with van der Waals surface area (Å²) in [5.74, 6) is -0.171. The van der Waals surface area contributed by atoms with E-state index in [0.717, 1.165) is 19.3 Å². The van der Waals surface area contributed by atoms with Gasteiger partial charge in [0.2, 0.25) is 5.91 Å². The average Bonchev–Trinajstić information content (AvgIpc) is 2.71. The van der Waals surface area contributed by atoms with E-state index in [1.54, 1.807) is 0 Å². The summed E-state index contributed by atoms with van der Waals surface area (Å²) in [6, 6.07) is 9.24. The molecular weight excluding hydrogens is 384 g/mol. The van der Waals surface area contributed by atoms with E-state index in [2.05, 4.69) is 18.5 Å². The average molecular weight is 412 g/mol. The maximum Gasteiger partial charge on any atom is 0.337 e. The lowest BCUT2D eigenvalue weighted by Crippen LogP contribution is -2.55. The maximum atomic E-state index is 12.8. The van der Waals surface area contributed by atoms with E-state index in [1.165, 1.54) is 12.2 Å². The molecule has 0 bridgehead atoms. The van der Waals surface area contributed by atoms with Crippen molar-refractivity contribution in [2.24, 2.45) is 5.92 Å². The van der Waals surface area contributed by atoms with E-state index in [1.807, 2.05) is 44.2 Å². The number of nitrogens with zero attached hydrogens (tertiary/aromatic N) is 3. The van der Waals surface area contributed by atoms with Crippen molar-refractivity contribution in [1.82, 2.24) is 19.0 Å². The van der Waals surface area contributed by atoms with E-state index >= 15 is 0 Å². The Kier molecular flexibility index (Phi) is 7.91. The van der Waals surface area contributed by atoms with Gasteiger partial charge in [-0.2, -0.15) is 0 Å². The predicted octanol–water partition coefficient (Wildman–Crippen LogP) is 1.45. The molecule has 2 aromatic rings. The monoisotopic (exact) mass is 412 g/mol. The molecule has 1 amide bonds. The van der Waals surface area contributed by atoms with Crippen molar-refractivity contribution in [1.29, 1.82) is 0 Å². The molecule has 0 saturated heterocycles. The van der Waals surface area contributed by atoms with Gasteiger partial charge in [-0.3, -0.25) is 4.79 Å². The molecule has 8 heteroatoms. The van der Waals surface area contributed by atoms with Gasteiger partial charge in [-0.1, -0.05) is 56.3 Å². The number of rotatable bonds is 10. The lowest BCUT2D eigenvalue weighted by molar-refractivity contribution is -0.122. The Balaban J connectivity index is 2.40. The minimum atomic E-state index is -0.847. The molecule has 160 valence electrons. The molecule has 1 heterocycles. The molecule has 1 N–H and O–H groups in total. The van der Waals surface area contributed by atoms with Crippen LogP contribution in [-0.2, 0) is 24.4 Å². The van der Waals surface area contributed by atoms with Gasteiger partial charge >= 0.3 is 17.1 Å². The van der Waals surface area contributed by atoms with Crippen molar-refractivity contribution in [3.63, 3.8) is 0 Å². The summed E-state index contributed by atoms with van der Waals surface area (Å²) in [7, 11) is 0. The zero-order valence-electron chi connectivity index (χ0n) is 17.4. The third-order valence-corrected chi connectivity index (χ3v) is 4.55. The second-order valence-corrected chi connectivity index (χ2v) is 7.39. The van der Waals surface area contributed by atoms with Crippen LogP contribution < -0.4 is 22.4 Å². The molecule has 0 spiro atoms. The number of allylic oxidation sites excluding steroid dienone is 2. The largest absolute Gasteiger partial charge is 0.348 e. The first-order valence-corrected chi connectivity index (χ1v) is 9.80. The van der Waals surface area contributed by atoms with E-state index in [9.17, 15) is 19.2 Å². The number of aromatic nitrogens is 3. The summed E-state index contributed by atoms with van der Waals surface area (Å²) in [5, 5.41) is 2.91. The van der Waals surface area contributed by atoms with Gasteiger partial charge in [0.15, 0.2) is 0 Å². The van der Waals surface area contributed by atoms with Crippen molar-refractivity contribution >= 4 is 5.91 Å². The number of hydrogen-bond acceptors (Lipinski definition) is 4. The zero-order chi connectivity index (χ0) is 22.3. The summed E-state index contributed by atoms with van der Waals surface area (Å²) in [4.78, 5) is 50.6. The summed E-state index contributed by atoms with van der Waals surface area (Å²) in [6.45, 7) is 10.5. The van der Waals surface area contributed by atoms with Crippen molar-refractivity contribution < 1.29 is 4.79 Å². The number of carbonyl (C=O) groups excluding carboxylic acids is 1. The van der Waals surface area contributed by atoms with Gasteiger partial charge in [-0.25, -0.2) is 28.1 Å². The second kappa shape index (κ2) is 10.4. The fraction of sp³-hybridized carbons (Fsp3) is 0.364. The van der Waals surface area contributed by atoms with Crippen molar-refractivity contribution in [2.75, 3.05) is 0 Å². The van der Waals surface area contributed by atoms with Gasteiger partial charge in [-0.05, 0) is 17.9 Å². The molecule has 0 fully saturated rings. The fourth-order valence-electron chi connectivity index (χ4n) is 3.21. The maximum absolute atomic E-state index is 12.8. The van der Waals surface area contributed by atoms with Crippen LogP contribution in [0.2, 0.25) is 0 Å². The number of amides is 1. The van der Waals surface area contributed by atoms with Gasteiger partial charge < -0.3 is 5.32 Å². The van der Waals surface area contributed by atoms with Crippen molar-refractivity contribution in [3.8, 4) is 0 Å². The summed E-state index contributed by atoms with van der Waals surface area (Å²) in [5.41, 5.74) is -1.52. The highest BCUT2D eigenvalue weighted by molar-refractivity contribution is 5.76. The predicted molar refractivity (Wildman–Crippen MR) is 116 cm³/mol. The van der Waals surface area contributed by atoms with Crippen LogP contribution in [-0.4, -0.2) is 19.6 Å². The molecule has 8 nitrogen and oxygen atoms in total. The molecule has 0 radical (unpaired) electrons. The SMILES string of the molecule is C=CCn1c(=O)n(CC=C)c(=O)n(CC(=O)NC(CC(C)C)c2ccccc2)c1=O. The Labute approximate surface area is 174 Å². The van der Waals surface area contributed by atoms with E-state index in [-0.39, 0.29) is 19.1 Å². The summed E-state index contributed by atoms with van der Waals surface area (Å²) >= 11 is 0. The Hall–Kier alpha value is -3.42. The standard InChI is InChI=1S/C22H28N4O4/c1-5-12-24-20(28)25(13-6-2)22(30)26(21(24)29)15-19(27)23-18(14-16(3)4)17-10-8-7-9-11-17/h5-11,16,18H,1-2,12-15H2,3-4H3,(H,23,27). The number of hydrogen-bond donors (Lipinski definition) is 1. The first-order valence-electron chi connectivity index (χ1n) is 9.80. The van der Waals surface area contributed by atoms with E-state index in [0.29, 0.717) is 12.3 Å². The highest BCUT2D eigenvalue weighted by atomic mass is 16.2. The molecular formula is C22H28N4O4. The van der Waals surface area contributed by atoms with Crippen LogP contribution in [0.1, 0.15) is 31.9 Å². The third kappa shape index (κ3) is 5.34. The van der Waals surface area contributed by atoms with Crippen LogP contribution in [0.25, 0.3) is 0 Å².